The van der Waals surface area contributed by atoms with Gasteiger partial charge in [0.2, 0.25) is 0 Å². The fourth-order valence-corrected chi connectivity index (χ4v) is 3.62. The van der Waals surface area contributed by atoms with Gasteiger partial charge < -0.3 is 4.84 Å². The molecular weight excluding hydrogens is 362 g/mol. The highest BCUT2D eigenvalue weighted by Crippen LogP contribution is 2.30. The fourth-order valence-electron chi connectivity index (χ4n) is 3.62. The van der Waals surface area contributed by atoms with Crippen LogP contribution in [0.2, 0.25) is 0 Å². The van der Waals surface area contributed by atoms with Gasteiger partial charge in [-0.1, -0.05) is 65.3 Å². The van der Waals surface area contributed by atoms with Crippen LogP contribution in [-0.2, 0) is 4.84 Å². The van der Waals surface area contributed by atoms with Gasteiger partial charge in [0.1, 0.15) is 0 Å². The van der Waals surface area contributed by atoms with Crippen LogP contribution >= 0.6 is 0 Å². The van der Waals surface area contributed by atoms with Crippen molar-refractivity contribution in [3.05, 3.63) is 106 Å². The number of hydrogen-bond donors (Lipinski definition) is 0. The molecule has 1 atom stereocenters. The van der Waals surface area contributed by atoms with Crippen molar-refractivity contribution in [3.63, 3.8) is 0 Å². The van der Waals surface area contributed by atoms with E-state index in [-0.39, 0.29) is 5.56 Å². The lowest BCUT2D eigenvalue weighted by molar-refractivity contribution is 0.0774. The van der Waals surface area contributed by atoms with Crippen LogP contribution < -0.4 is 5.56 Å². The molecule has 1 aliphatic heterocycles. The molecule has 0 bridgehead atoms. The minimum absolute atomic E-state index is 0.107. The minimum atomic E-state index is -0.427. The van der Waals surface area contributed by atoms with E-state index in [0.717, 1.165) is 17.0 Å². The van der Waals surface area contributed by atoms with Gasteiger partial charge in [0.05, 0.1) is 22.3 Å². The monoisotopic (exact) mass is 381 g/mol. The third-order valence-electron chi connectivity index (χ3n) is 5.16. The molecule has 0 radical (unpaired) electrons. The Bertz CT molecular complexity index is 1280. The third kappa shape index (κ3) is 3.10. The first-order chi connectivity index (χ1) is 14.2. The maximum Gasteiger partial charge on any atom is 0.266 e. The van der Waals surface area contributed by atoms with E-state index < -0.39 is 6.10 Å². The van der Waals surface area contributed by atoms with Crippen molar-refractivity contribution < 1.29 is 4.84 Å². The summed E-state index contributed by atoms with van der Waals surface area (Å²) in [6.45, 7) is 2.05. The van der Waals surface area contributed by atoms with Crippen LogP contribution in [0.3, 0.4) is 0 Å². The molecule has 0 aliphatic carbocycles. The first-order valence-corrected chi connectivity index (χ1v) is 9.57. The van der Waals surface area contributed by atoms with Gasteiger partial charge in [-0.15, -0.1) is 0 Å². The van der Waals surface area contributed by atoms with Crippen molar-refractivity contribution in [1.82, 2.24) is 9.55 Å². The third-order valence-corrected chi connectivity index (χ3v) is 5.16. The van der Waals surface area contributed by atoms with Crippen LogP contribution in [-0.4, -0.2) is 15.3 Å². The number of para-hydroxylation sites is 2. The number of nitrogens with zero attached hydrogens (tertiary/aromatic N) is 3. The van der Waals surface area contributed by atoms with Crippen molar-refractivity contribution in [1.29, 1.82) is 0 Å². The predicted octanol–water partition coefficient (Wildman–Crippen LogP) is 4.56. The highest BCUT2D eigenvalue weighted by Gasteiger charge is 2.29. The maximum absolute atomic E-state index is 13.3. The first kappa shape index (κ1) is 17.4. The molecule has 0 N–H and O–H groups in total. The highest BCUT2D eigenvalue weighted by atomic mass is 16.6. The summed E-state index contributed by atoms with van der Waals surface area (Å²) in [5.41, 5.74) is 4.39. The Kier molecular flexibility index (Phi) is 4.21. The fraction of sp³-hybridized carbons (Fsp3) is 0.125. The van der Waals surface area contributed by atoms with E-state index in [0.29, 0.717) is 23.1 Å². The van der Waals surface area contributed by atoms with Gasteiger partial charge in [-0.2, -0.15) is 0 Å². The van der Waals surface area contributed by atoms with Gasteiger partial charge in [-0.05, 0) is 36.8 Å². The topological polar surface area (TPSA) is 56.5 Å². The molecule has 0 saturated carbocycles. The number of hydrogen-bond acceptors (Lipinski definition) is 4. The second kappa shape index (κ2) is 7.02. The maximum atomic E-state index is 13.3. The predicted molar refractivity (Wildman–Crippen MR) is 113 cm³/mol. The summed E-state index contributed by atoms with van der Waals surface area (Å²) in [7, 11) is 0. The summed E-state index contributed by atoms with van der Waals surface area (Å²) < 4.78 is 1.64. The van der Waals surface area contributed by atoms with Crippen LogP contribution in [0.4, 0.5) is 0 Å². The molecule has 0 fully saturated rings. The zero-order valence-corrected chi connectivity index (χ0v) is 15.9. The molecule has 5 nitrogen and oxygen atoms in total. The molecule has 1 aliphatic rings. The lowest BCUT2D eigenvalue weighted by Crippen LogP contribution is -2.26. The van der Waals surface area contributed by atoms with Crippen molar-refractivity contribution >= 4 is 16.6 Å². The molecule has 0 spiro atoms. The summed E-state index contributed by atoms with van der Waals surface area (Å²) >= 11 is 0. The molecule has 29 heavy (non-hydrogen) atoms. The quantitative estimate of drug-likeness (QED) is 0.523. The molecule has 4 aromatic rings. The average molecular weight is 381 g/mol. The lowest BCUT2D eigenvalue weighted by atomic mass is 10.0. The summed E-state index contributed by atoms with van der Waals surface area (Å²) in [6, 6.07) is 25.1. The van der Waals surface area contributed by atoms with E-state index in [4.69, 9.17) is 9.82 Å². The Labute approximate surface area is 167 Å². The zero-order valence-electron chi connectivity index (χ0n) is 15.9. The SMILES string of the molecule is Cc1ccc(C2=NOC(c3nc4ccccc4c(=O)n3-c3ccccc3)C2)cc1. The Hall–Kier alpha value is -3.73. The molecule has 1 aromatic heterocycles. The zero-order chi connectivity index (χ0) is 19.8. The Balaban J connectivity index is 1.62. The van der Waals surface area contributed by atoms with Crippen molar-refractivity contribution in [3.8, 4) is 5.69 Å². The van der Waals surface area contributed by atoms with Gasteiger partial charge in [-0.3, -0.25) is 9.36 Å². The molecule has 142 valence electrons. The Morgan fingerprint density at radius 2 is 1.66 bits per heavy atom. The van der Waals surface area contributed by atoms with Gasteiger partial charge in [0.15, 0.2) is 11.9 Å². The number of benzene rings is 3. The molecule has 3 aromatic carbocycles. The second-order valence-corrected chi connectivity index (χ2v) is 7.17. The van der Waals surface area contributed by atoms with Gasteiger partial charge in [-0.25, -0.2) is 4.98 Å². The van der Waals surface area contributed by atoms with Crippen molar-refractivity contribution in [2.75, 3.05) is 0 Å². The average Bonchev–Trinajstić information content (AvgIpc) is 3.25. The number of fused-ring (bicyclic) bond motifs is 1. The van der Waals surface area contributed by atoms with Crippen LogP contribution in [0.15, 0.2) is 88.8 Å². The van der Waals surface area contributed by atoms with Crippen LogP contribution in [0.25, 0.3) is 16.6 Å². The number of aryl methyl sites for hydroxylation is 1. The smallest absolute Gasteiger partial charge is 0.266 e. The summed E-state index contributed by atoms with van der Waals surface area (Å²) in [5, 5.41) is 4.88. The summed E-state index contributed by atoms with van der Waals surface area (Å²) in [6.07, 6.45) is 0.129. The minimum Gasteiger partial charge on any atom is -0.384 e. The Morgan fingerprint density at radius 3 is 2.45 bits per heavy atom. The molecule has 5 heteroatoms. The van der Waals surface area contributed by atoms with E-state index in [1.807, 2.05) is 60.7 Å². The van der Waals surface area contributed by atoms with E-state index in [1.54, 1.807) is 10.6 Å². The lowest BCUT2D eigenvalue weighted by Gasteiger charge is -2.16. The van der Waals surface area contributed by atoms with Gasteiger partial charge >= 0.3 is 0 Å². The molecule has 5 rings (SSSR count). The van der Waals surface area contributed by atoms with E-state index in [2.05, 4.69) is 24.2 Å². The van der Waals surface area contributed by atoms with Crippen LogP contribution in [0.1, 0.15) is 29.5 Å². The normalized spacial score (nSPS) is 15.9. The van der Waals surface area contributed by atoms with E-state index in [1.165, 1.54) is 5.56 Å². The van der Waals surface area contributed by atoms with Gasteiger partial charge in [0, 0.05) is 6.42 Å². The standard InChI is InChI=1S/C24H19N3O2/c1-16-11-13-17(14-12-16)21-15-22(29-26-21)23-25-20-10-6-5-9-19(20)24(28)27(23)18-7-3-2-4-8-18/h2-14,22H,15H2,1H3. The van der Waals surface area contributed by atoms with Gasteiger partial charge in [0.25, 0.3) is 5.56 Å². The molecule has 0 saturated heterocycles. The number of rotatable bonds is 3. The largest absolute Gasteiger partial charge is 0.384 e. The molecule has 0 amide bonds. The Morgan fingerprint density at radius 1 is 0.931 bits per heavy atom. The van der Waals surface area contributed by atoms with Crippen molar-refractivity contribution in [2.24, 2.45) is 5.16 Å². The van der Waals surface area contributed by atoms with Crippen LogP contribution in [0, 0.1) is 6.92 Å². The molecule has 2 heterocycles. The first-order valence-electron chi connectivity index (χ1n) is 9.57. The summed E-state index contributed by atoms with van der Waals surface area (Å²) in [4.78, 5) is 23.9. The molecule has 1 unspecified atom stereocenters. The second-order valence-electron chi connectivity index (χ2n) is 7.17. The number of oxime groups is 1. The molecular formula is C24H19N3O2. The van der Waals surface area contributed by atoms with E-state index in [9.17, 15) is 4.79 Å². The van der Waals surface area contributed by atoms with Crippen molar-refractivity contribution in [2.45, 2.75) is 19.4 Å². The summed E-state index contributed by atoms with van der Waals surface area (Å²) in [5.74, 6) is 0.561. The van der Waals surface area contributed by atoms with E-state index >= 15 is 0 Å². The number of aromatic nitrogens is 2. The highest BCUT2D eigenvalue weighted by molar-refractivity contribution is 6.01. The van der Waals surface area contributed by atoms with Crippen LogP contribution in [0.5, 0.6) is 0 Å².